The van der Waals surface area contributed by atoms with Crippen LogP contribution in [0.4, 0.5) is 0 Å². The first kappa shape index (κ1) is 27.0. The average molecular weight is 411 g/mol. The fourth-order valence-corrected chi connectivity index (χ4v) is 3.18. The highest BCUT2D eigenvalue weighted by Gasteiger charge is 2.14. The Hall–Kier alpha value is 0.0300. The van der Waals surface area contributed by atoms with Crippen molar-refractivity contribution in [2.45, 2.75) is 110 Å². The maximum absolute atomic E-state index is 10.4. The molecular formula is C20H43O6P. The summed E-state index contributed by atoms with van der Waals surface area (Å²) >= 11 is 0. The van der Waals surface area contributed by atoms with E-state index in [-0.39, 0.29) is 6.61 Å². The molecule has 7 heteroatoms. The minimum absolute atomic E-state index is 0.228. The van der Waals surface area contributed by atoms with Crippen LogP contribution in [0.2, 0.25) is 0 Å². The van der Waals surface area contributed by atoms with Gasteiger partial charge in [-0.15, -0.1) is 4.67 Å². The molecule has 0 saturated carbocycles. The highest BCUT2D eigenvalue weighted by Crippen LogP contribution is 2.35. The van der Waals surface area contributed by atoms with Crippen LogP contribution in [0.25, 0.3) is 0 Å². The van der Waals surface area contributed by atoms with Crippen LogP contribution in [0.1, 0.15) is 110 Å². The highest BCUT2D eigenvalue weighted by molar-refractivity contribution is 7.46. The second-order valence-corrected chi connectivity index (χ2v) is 8.43. The molecule has 0 aromatic heterocycles. The summed E-state index contributed by atoms with van der Waals surface area (Å²) in [4.78, 5) is 21.3. The van der Waals surface area contributed by atoms with Gasteiger partial charge in [0.1, 0.15) is 0 Å². The van der Waals surface area contributed by atoms with E-state index in [0.717, 1.165) is 32.5 Å². The molecule has 0 aliphatic carbocycles. The van der Waals surface area contributed by atoms with Gasteiger partial charge in [-0.2, -0.15) is 0 Å². The summed E-state index contributed by atoms with van der Waals surface area (Å²) < 4.78 is 20.0. The molecule has 0 rings (SSSR count). The van der Waals surface area contributed by atoms with Crippen LogP contribution in [0.5, 0.6) is 0 Å². The lowest BCUT2D eigenvalue weighted by Gasteiger charge is -2.05. The summed E-state index contributed by atoms with van der Waals surface area (Å²) in [5, 5.41) is 0. The van der Waals surface area contributed by atoms with Crippen molar-refractivity contribution in [1.29, 1.82) is 0 Å². The van der Waals surface area contributed by atoms with Crippen molar-refractivity contribution in [3.8, 4) is 0 Å². The largest absolute Gasteiger partial charge is 0.496 e. The van der Waals surface area contributed by atoms with E-state index in [2.05, 4.69) is 16.5 Å². The minimum Gasteiger partial charge on any atom is -0.381 e. The number of ether oxygens (including phenoxy) is 1. The topological polar surface area (TPSA) is 85.2 Å². The minimum atomic E-state index is -4.49. The standard InChI is InChI=1S/C20H43O6P/c1-2-3-4-5-12-15-18-24-19-16-13-10-8-6-7-9-11-14-17-20-25-26-27(21,22)23/h2-20H2,1H3,(H2,21,22,23). The summed E-state index contributed by atoms with van der Waals surface area (Å²) in [7, 11) is -4.49. The van der Waals surface area contributed by atoms with Gasteiger partial charge in [-0.05, 0) is 19.3 Å². The first-order valence-corrected chi connectivity index (χ1v) is 12.5. The van der Waals surface area contributed by atoms with Gasteiger partial charge in [-0.3, -0.25) is 0 Å². The lowest BCUT2D eigenvalue weighted by Crippen LogP contribution is -1.97. The van der Waals surface area contributed by atoms with Crippen molar-refractivity contribution in [3.63, 3.8) is 0 Å². The van der Waals surface area contributed by atoms with Crippen LogP contribution in [0.3, 0.4) is 0 Å². The van der Waals surface area contributed by atoms with Gasteiger partial charge in [0.15, 0.2) is 0 Å². The summed E-state index contributed by atoms with van der Waals surface area (Å²) in [6, 6.07) is 0. The molecule has 164 valence electrons. The summed E-state index contributed by atoms with van der Waals surface area (Å²) in [5.74, 6) is 0. The molecule has 0 aromatic rings. The zero-order valence-corrected chi connectivity index (χ0v) is 18.3. The molecular weight excluding hydrogens is 367 g/mol. The molecule has 6 nitrogen and oxygen atoms in total. The molecule has 0 aliphatic heterocycles. The van der Waals surface area contributed by atoms with Gasteiger partial charge in [0.05, 0.1) is 6.61 Å². The molecule has 2 N–H and O–H groups in total. The van der Waals surface area contributed by atoms with Crippen LogP contribution in [0, 0.1) is 0 Å². The second-order valence-electron chi connectivity index (χ2n) is 7.30. The predicted octanol–water partition coefficient (Wildman–Crippen LogP) is 6.31. The smallest absolute Gasteiger partial charge is 0.381 e. The molecule has 0 bridgehead atoms. The third-order valence-electron chi connectivity index (χ3n) is 4.56. The van der Waals surface area contributed by atoms with Gasteiger partial charge in [-0.1, -0.05) is 90.4 Å². The lowest BCUT2D eigenvalue weighted by molar-refractivity contribution is -0.222. The molecule has 0 fully saturated rings. The number of rotatable bonds is 22. The van der Waals surface area contributed by atoms with E-state index >= 15 is 0 Å². The van der Waals surface area contributed by atoms with Gasteiger partial charge < -0.3 is 14.5 Å². The Bertz CT molecular complexity index is 334. The Balaban J connectivity index is 3.02. The number of phosphoric acid groups is 1. The molecule has 0 aromatic carbocycles. The molecule has 0 amide bonds. The van der Waals surface area contributed by atoms with E-state index < -0.39 is 7.82 Å². The fraction of sp³-hybridized carbons (Fsp3) is 1.00. The van der Waals surface area contributed by atoms with Crippen molar-refractivity contribution >= 4 is 7.82 Å². The van der Waals surface area contributed by atoms with Crippen molar-refractivity contribution in [1.82, 2.24) is 0 Å². The molecule has 0 saturated heterocycles. The van der Waals surface area contributed by atoms with Crippen LogP contribution in [0.15, 0.2) is 0 Å². The second kappa shape index (κ2) is 20.8. The number of unbranched alkanes of at least 4 members (excludes halogenated alkanes) is 14. The summed E-state index contributed by atoms with van der Waals surface area (Å²) in [6.45, 7) is 4.33. The Morgan fingerprint density at radius 3 is 1.37 bits per heavy atom. The SMILES string of the molecule is CCCCCCCCOCCCCCCCCCCCCOOP(=O)(O)O. The molecule has 0 unspecified atom stereocenters. The Morgan fingerprint density at radius 1 is 0.593 bits per heavy atom. The quantitative estimate of drug-likeness (QED) is 0.0942. The van der Waals surface area contributed by atoms with Gasteiger partial charge >= 0.3 is 7.82 Å². The van der Waals surface area contributed by atoms with E-state index in [1.165, 1.54) is 83.5 Å². The first-order valence-electron chi connectivity index (χ1n) is 11.0. The van der Waals surface area contributed by atoms with E-state index in [4.69, 9.17) is 14.5 Å². The normalized spacial score (nSPS) is 12.0. The average Bonchev–Trinajstić information content (AvgIpc) is 2.62. The Morgan fingerprint density at radius 2 is 0.963 bits per heavy atom. The molecule has 27 heavy (non-hydrogen) atoms. The Labute approximate surface area is 166 Å². The zero-order chi connectivity index (χ0) is 20.1. The monoisotopic (exact) mass is 410 g/mol. The maximum Gasteiger partial charge on any atom is 0.496 e. The van der Waals surface area contributed by atoms with E-state index in [9.17, 15) is 4.57 Å². The third kappa shape index (κ3) is 26.0. The van der Waals surface area contributed by atoms with Gasteiger partial charge in [-0.25, -0.2) is 9.45 Å². The van der Waals surface area contributed by atoms with Crippen molar-refractivity contribution < 1.29 is 28.7 Å². The number of hydrogen-bond donors (Lipinski definition) is 2. The number of hydrogen-bond acceptors (Lipinski definition) is 4. The summed E-state index contributed by atoms with van der Waals surface area (Å²) in [5.41, 5.74) is 0. The van der Waals surface area contributed by atoms with Gasteiger partial charge in [0, 0.05) is 13.2 Å². The third-order valence-corrected chi connectivity index (χ3v) is 4.86. The fourth-order valence-electron chi connectivity index (χ4n) is 2.97. The van der Waals surface area contributed by atoms with E-state index in [1.807, 2.05) is 0 Å². The Kier molecular flexibility index (Phi) is 20.8. The van der Waals surface area contributed by atoms with Crippen molar-refractivity contribution in [2.75, 3.05) is 19.8 Å². The van der Waals surface area contributed by atoms with Gasteiger partial charge in [0.2, 0.25) is 0 Å². The molecule has 0 atom stereocenters. The van der Waals surface area contributed by atoms with Crippen LogP contribution < -0.4 is 0 Å². The van der Waals surface area contributed by atoms with Crippen molar-refractivity contribution in [2.24, 2.45) is 0 Å². The molecule has 0 radical (unpaired) electrons. The van der Waals surface area contributed by atoms with E-state index in [1.54, 1.807) is 0 Å². The van der Waals surface area contributed by atoms with Crippen molar-refractivity contribution in [3.05, 3.63) is 0 Å². The van der Waals surface area contributed by atoms with Crippen LogP contribution >= 0.6 is 7.82 Å². The summed E-state index contributed by atoms with van der Waals surface area (Å²) in [6.07, 6.45) is 19.6. The zero-order valence-electron chi connectivity index (χ0n) is 17.4. The molecule has 0 heterocycles. The molecule has 0 aliphatic rings. The maximum atomic E-state index is 10.4. The lowest BCUT2D eigenvalue weighted by atomic mass is 10.1. The highest BCUT2D eigenvalue weighted by atomic mass is 31.2. The predicted molar refractivity (Wildman–Crippen MR) is 109 cm³/mol. The van der Waals surface area contributed by atoms with Crippen LogP contribution in [-0.4, -0.2) is 29.6 Å². The molecule has 0 spiro atoms. The van der Waals surface area contributed by atoms with Gasteiger partial charge in [0.25, 0.3) is 0 Å². The van der Waals surface area contributed by atoms with Crippen LogP contribution in [-0.2, 0) is 18.9 Å². The van der Waals surface area contributed by atoms with E-state index in [0.29, 0.717) is 0 Å². The first-order chi connectivity index (χ1) is 13.1.